The first-order chi connectivity index (χ1) is 14.8. The van der Waals surface area contributed by atoms with Crippen molar-refractivity contribution in [2.45, 2.75) is 39.8 Å². The summed E-state index contributed by atoms with van der Waals surface area (Å²) in [4.78, 5) is 26.5. The van der Waals surface area contributed by atoms with E-state index in [0.29, 0.717) is 37.4 Å². The van der Waals surface area contributed by atoms with Gasteiger partial charge in [-0.15, -0.1) is 0 Å². The number of hydrogen-bond acceptors (Lipinski definition) is 7. The van der Waals surface area contributed by atoms with E-state index in [-0.39, 0.29) is 19.0 Å². The Bertz CT molecular complexity index is 905. The van der Waals surface area contributed by atoms with Gasteiger partial charge in [0.05, 0.1) is 19.5 Å². The molecule has 2 rings (SSSR count). The van der Waals surface area contributed by atoms with Gasteiger partial charge in [-0.3, -0.25) is 14.5 Å². The predicted molar refractivity (Wildman–Crippen MR) is 122 cm³/mol. The van der Waals surface area contributed by atoms with Gasteiger partial charge in [0.1, 0.15) is 12.1 Å². The number of ether oxygens (including phenoxy) is 2. The van der Waals surface area contributed by atoms with Gasteiger partial charge in [0, 0.05) is 38.3 Å². The fourth-order valence-corrected chi connectivity index (χ4v) is 4.14. The third-order valence-corrected chi connectivity index (χ3v) is 6.20. The minimum atomic E-state index is -3.39. The second kappa shape index (κ2) is 11.2. The number of amides is 1. The van der Waals surface area contributed by atoms with Crippen LogP contribution >= 0.6 is 0 Å². The quantitative estimate of drug-likeness (QED) is 0.541. The van der Waals surface area contributed by atoms with Crippen LogP contribution in [-0.2, 0) is 30.8 Å². The molecular weight excluding hydrogens is 434 g/mol. The largest absolute Gasteiger partial charge is 0.459 e. The summed E-state index contributed by atoms with van der Waals surface area (Å²) >= 11 is 0. The molecular formula is C22H35N3O6S. The second-order valence-electron chi connectivity index (χ2n) is 8.97. The first-order valence-electron chi connectivity index (χ1n) is 10.7. The van der Waals surface area contributed by atoms with E-state index in [1.54, 1.807) is 45.9 Å². The van der Waals surface area contributed by atoms with E-state index in [0.717, 1.165) is 18.7 Å². The summed E-state index contributed by atoms with van der Waals surface area (Å²) in [5.74, 6) is -0.892. The van der Waals surface area contributed by atoms with Crippen molar-refractivity contribution in [1.82, 2.24) is 14.5 Å². The van der Waals surface area contributed by atoms with Crippen LogP contribution in [0.15, 0.2) is 18.2 Å². The summed E-state index contributed by atoms with van der Waals surface area (Å²) in [6, 6.07) is 5.19. The maximum atomic E-state index is 12.5. The number of morpholine rings is 1. The van der Waals surface area contributed by atoms with Gasteiger partial charge >= 0.3 is 5.97 Å². The molecule has 0 saturated carbocycles. The average Bonchev–Trinajstić information content (AvgIpc) is 2.68. The molecule has 1 aliphatic heterocycles. The Hall–Kier alpha value is -2.01. The summed E-state index contributed by atoms with van der Waals surface area (Å²) in [5, 5.41) is 2.57. The highest BCUT2D eigenvalue weighted by Gasteiger charge is 2.21. The Morgan fingerprint density at radius 2 is 1.88 bits per heavy atom. The maximum Gasteiger partial charge on any atom is 0.325 e. The number of carbonyl (C=O) groups excluding carboxylic acids is 2. The van der Waals surface area contributed by atoms with Gasteiger partial charge in [0.15, 0.2) is 0 Å². The number of nitrogens with one attached hydrogen (secondary N) is 1. The number of aryl methyl sites for hydroxylation is 1. The Balaban J connectivity index is 1.98. The molecule has 0 aliphatic carbocycles. The van der Waals surface area contributed by atoms with Gasteiger partial charge < -0.3 is 14.8 Å². The molecule has 1 amide bonds. The van der Waals surface area contributed by atoms with Crippen LogP contribution in [-0.4, -0.2) is 87.3 Å². The van der Waals surface area contributed by atoms with Gasteiger partial charge in [-0.2, -0.15) is 4.31 Å². The molecule has 0 unspecified atom stereocenters. The molecule has 0 bridgehead atoms. The molecule has 1 aromatic rings. The van der Waals surface area contributed by atoms with Crippen molar-refractivity contribution >= 4 is 21.9 Å². The topological polar surface area (TPSA) is 105 Å². The minimum absolute atomic E-state index is 0.222. The summed E-state index contributed by atoms with van der Waals surface area (Å²) in [6.07, 6.45) is 1.21. The third kappa shape index (κ3) is 8.85. The number of esters is 1. The van der Waals surface area contributed by atoms with Crippen LogP contribution in [0.5, 0.6) is 0 Å². The molecule has 1 aliphatic rings. The summed E-state index contributed by atoms with van der Waals surface area (Å²) in [7, 11) is -3.39. The third-order valence-electron chi connectivity index (χ3n) is 4.95. The number of carbonyl (C=O) groups is 2. The molecule has 1 aromatic carbocycles. The van der Waals surface area contributed by atoms with Crippen molar-refractivity contribution < 1.29 is 27.5 Å². The van der Waals surface area contributed by atoms with Crippen molar-refractivity contribution in [3.63, 3.8) is 0 Å². The van der Waals surface area contributed by atoms with Crippen LogP contribution in [0.1, 0.15) is 42.3 Å². The smallest absolute Gasteiger partial charge is 0.325 e. The van der Waals surface area contributed by atoms with E-state index in [2.05, 4.69) is 10.2 Å². The lowest BCUT2D eigenvalue weighted by molar-refractivity contribution is -0.153. The molecule has 1 heterocycles. The minimum Gasteiger partial charge on any atom is -0.459 e. The molecule has 0 spiro atoms. The fourth-order valence-electron chi connectivity index (χ4n) is 3.35. The maximum absolute atomic E-state index is 12.5. The van der Waals surface area contributed by atoms with Crippen molar-refractivity contribution in [3.05, 3.63) is 34.9 Å². The van der Waals surface area contributed by atoms with E-state index < -0.39 is 21.6 Å². The van der Waals surface area contributed by atoms with Crippen molar-refractivity contribution in [1.29, 1.82) is 0 Å². The molecule has 1 saturated heterocycles. The molecule has 1 fully saturated rings. The normalized spacial score (nSPS) is 15.6. The van der Waals surface area contributed by atoms with E-state index in [4.69, 9.17) is 9.47 Å². The molecule has 0 aromatic heterocycles. The van der Waals surface area contributed by atoms with Gasteiger partial charge in [-0.05, 0) is 44.9 Å². The van der Waals surface area contributed by atoms with Crippen LogP contribution in [0.2, 0.25) is 0 Å². The SMILES string of the molecule is Cc1cc(CN(CCN2CCOCC2)S(C)(=O)=O)ccc1C(=O)NCC(=O)OC(C)(C)C. The Morgan fingerprint density at radius 1 is 1.22 bits per heavy atom. The highest BCUT2D eigenvalue weighted by Crippen LogP contribution is 2.15. The Morgan fingerprint density at radius 3 is 2.44 bits per heavy atom. The zero-order valence-electron chi connectivity index (χ0n) is 19.6. The number of nitrogens with zero attached hydrogens (tertiary/aromatic N) is 2. The second-order valence-corrected chi connectivity index (χ2v) is 11.0. The van der Waals surface area contributed by atoms with Gasteiger partial charge in [-0.25, -0.2) is 8.42 Å². The molecule has 0 atom stereocenters. The summed E-state index contributed by atoms with van der Waals surface area (Å²) in [5.41, 5.74) is 1.30. The number of rotatable bonds is 9. The van der Waals surface area contributed by atoms with E-state index >= 15 is 0 Å². The lowest BCUT2D eigenvalue weighted by atomic mass is 10.0. The molecule has 9 nitrogen and oxygen atoms in total. The Kier molecular flexibility index (Phi) is 9.20. The van der Waals surface area contributed by atoms with Crippen LogP contribution < -0.4 is 5.32 Å². The fraction of sp³-hybridized carbons (Fsp3) is 0.636. The van der Waals surface area contributed by atoms with E-state index in [1.807, 2.05) is 0 Å². The monoisotopic (exact) mass is 469 g/mol. The number of sulfonamides is 1. The summed E-state index contributed by atoms with van der Waals surface area (Å²) < 4.78 is 36.5. The van der Waals surface area contributed by atoms with Crippen LogP contribution in [0.25, 0.3) is 0 Å². The summed E-state index contributed by atoms with van der Waals surface area (Å²) in [6.45, 7) is 11.0. The standard InChI is InChI=1S/C22H35N3O6S/c1-17-14-18(6-7-19(17)21(27)23-15-20(26)31-22(2,3)4)16-25(32(5,28)29)9-8-24-10-12-30-13-11-24/h6-7,14H,8-13,15-16H2,1-5H3,(H,23,27). The lowest BCUT2D eigenvalue weighted by Crippen LogP contribution is -2.42. The highest BCUT2D eigenvalue weighted by atomic mass is 32.2. The number of hydrogen-bond donors (Lipinski definition) is 1. The predicted octanol–water partition coefficient (Wildman–Crippen LogP) is 1.16. The van der Waals surface area contributed by atoms with Crippen molar-refractivity contribution in [2.75, 3.05) is 52.2 Å². The van der Waals surface area contributed by atoms with Crippen molar-refractivity contribution in [2.24, 2.45) is 0 Å². The molecule has 180 valence electrons. The average molecular weight is 470 g/mol. The van der Waals surface area contributed by atoms with Crippen molar-refractivity contribution in [3.8, 4) is 0 Å². The van der Waals surface area contributed by atoms with Gasteiger partial charge in [0.25, 0.3) is 5.91 Å². The van der Waals surface area contributed by atoms with Crippen LogP contribution in [0.3, 0.4) is 0 Å². The molecule has 32 heavy (non-hydrogen) atoms. The molecule has 1 N–H and O–H groups in total. The van der Waals surface area contributed by atoms with Crippen LogP contribution in [0, 0.1) is 6.92 Å². The molecule has 0 radical (unpaired) electrons. The Labute approximate surface area is 191 Å². The molecule has 10 heteroatoms. The highest BCUT2D eigenvalue weighted by molar-refractivity contribution is 7.88. The van der Waals surface area contributed by atoms with Crippen LogP contribution in [0.4, 0.5) is 0 Å². The first kappa shape index (κ1) is 26.2. The van der Waals surface area contributed by atoms with Gasteiger partial charge in [-0.1, -0.05) is 12.1 Å². The number of benzene rings is 1. The zero-order chi connectivity index (χ0) is 23.9. The van der Waals surface area contributed by atoms with Gasteiger partial charge in [0.2, 0.25) is 10.0 Å². The lowest BCUT2D eigenvalue weighted by Gasteiger charge is -2.29. The van der Waals surface area contributed by atoms with E-state index in [9.17, 15) is 18.0 Å². The zero-order valence-corrected chi connectivity index (χ0v) is 20.5. The van der Waals surface area contributed by atoms with E-state index in [1.165, 1.54) is 10.6 Å². The first-order valence-corrected chi connectivity index (χ1v) is 12.5.